The number of benzene rings is 2. The highest BCUT2D eigenvalue weighted by Crippen LogP contribution is 2.28. The van der Waals surface area contributed by atoms with Gasteiger partial charge < -0.3 is 15.2 Å². The molecule has 2 amide bonds. The number of aryl methyl sites for hydroxylation is 2. The normalized spacial score (nSPS) is 11.8. The minimum Gasteiger partial charge on any atom is -0.342 e. The summed E-state index contributed by atoms with van der Waals surface area (Å²) in [5.41, 5.74) is 3.56. The third-order valence-electron chi connectivity index (χ3n) is 5.51. The number of carbonyl (C=O) groups excluding carboxylic acids is 2. The highest BCUT2D eigenvalue weighted by atomic mass is 79.9. The van der Waals surface area contributed by atoms with E-state index in [0.29, 0.717) is 23.1 Å². The third-order valence-corrected chi connectivity index (χ3v) is 7.14. The summed E-state index contributed by atoms with van der Waals surface area (Å²) >= 11 is 4.81. The summed E-state index contributed by atoms with van der Waals surface area (Å²) in [5, 5.41) is 15.3. The number of halogens is 1. The van der Waals surface area contributed by atoms with Crippen molar-refractivity contribution in [2.45, 2.75) is 45.4 Å². The summed E-state index contributed by atoms with van der Waals surface area (Å²) in [6.07, 6.45) is 1.75. The SMILES string of the molecule is C=CCn1c(SCC(=O)Nc2cc(C)c(C)cc2Br)nnc1[C@@H](NC(=O)c1ccccc1)C(C)C. The Morgan fingerprint density at radius 1 is 1.14 bits per heavy atom. The van der Waals surface area contributed by atoms with Gasteiger partial charge in [-0.2, -0.15) is 0 Å². The molecule has 0 radical (unpaired) electrons. The number of hydrogen-bond donors (Lipinski definition) is 2. The van der Waals surface area contributed by atoms with Gasteiger partial charge in [-0.05, 0) is 71.1 Å². The molecule has 1 aromatic heterocycles. The molecule has 0 aliphatic rings. The summed E-state index contributed by atoms with van der Waals surface area (Å²) in [7, 11) is 0. The van der Waals surface area contributed by atoms with Crippen LogP contribution in [0.2, 0.25) is 0 Å². The Kier molecular flexibility index (Phi) is 9.28. The molecule has 0 bridgehead atoms. The highest BCUT2D eigenvalue weighted by molar-refractivity contribution is 9.10. The lowest BCUT2D eigenvalue weighted by atomic mass is 10.0. The Hall–Kier alpha value is -2.91. The van der Waals surface area contributed by atoms with Gasteiger partial charge in [0.15, 0.2) is 11.0 Å². The van der Waals surface area contributed by atoms with Crippen molar-refractivity contribution in [3.05, 3.63) is 82.1 Å². The predicted molar refractivity (Wildman–Crippen MR) is 145 cm³/mol. The number of amides is 2. The minimum atomic E-state index is -0.357. The minimum absolute atomic E-state index is 0.0682. The number of carbonyl (C=O) groups is 2. The van der Waals surface area contributed by atoms with Crippen LogP contribution in [-0.2, 0) is 11.3 Å². The monoisotopic (exact) mass is 555 g/mol. The van der Waals surface area contributed by atoms with Gasteiger partial charge in [-0.25, -0.2) is 0 Å². The highest BCUT2D eigenvalue weighted by Gasteiger charge is 2.26. The maximum atomic E-state index is 12.8. The van der Waals surface area contributed by atoms with Crippen molar-refractivity contribution < 1.29 is 9.59 Å². The van der Waals surface area contributed by atoms with Gasteiger partial charge in [0.25, 0.3) is 5.91 Å². The molecule has 0 aliphatic carbocycles. The quantitative estimate of drug-likeness (QED) is 0.247. The molecule has 3 aromatic rings. The first-order valence-corrected chi connectivity index (χ1v) is 13.1. The first-order valence-electron chi connectivity index (χ1n) is 11.3. The van der Waals surface area contributed by atoms with Gasteiger partial charge in [0.05, 0.1) is 17.5 Å². The topological polar surface area (TPSA) is 88.9 Å². The molecular formula is C26H30BrN5O2S. The van der Waals surface area contributed by atoms with Crippen LogP contribution in [0.25, 0.3) is 0 Å². The maximum absolute atomic E-state index is 12.8. The molecular weight excluding hydrogens is 526 g/mol. The summed E-state index contributed by atoms with van der Waals surface area (Å²) < 4.78 is 2.73. The summed E-state index contributed by atoms with van der Waals surface area (Å²) in [6, 6.07) is 12.7. The lowest BCUT2D eigenvalue weighted by Gasteiger charge is -2.22. The average molecular weight is 557 g/mol. The summed E-state index contributed by atoms with van der Waals surface area (Å²) in [5.74, 6) is 0.538. The molecule has 1 atom stereocenters. The van der Waals surface area contributed by atoms with Gasteiger partial charge in [-0.15, -0.1) is 16.8 Å². The fourth-order valence-electron chi connectivity index (χ4n) is 3.47. The number of nitrogens with zero attached hydrogens (tertiary/aromatic N) is 3. The molecule has 0 saturated heterocycles. The first-order chi connectivity index (χ1) is 16.7. The standard InChI is InChI=1S/C26H30BrN5O2S/c1-6-12-32-24(23(16(2)3)29-25(34)19-10-8-7-9-11-19)30-31-26(32)35-15-22(33)28-21-14-18(5)17(4)13-20(21)27/h6-11,13-14,16,23H,1,12,15H2,2-5H3,(H,28,33)(H,29,34)/t23-/m0/s1. The van der Waals surface area contributed by atoms with E-state index in [2.05, 4.69) is 43.3 Å². The van der Waals surface area contributed by atoms with Crippen molar-refractivity contribution in [1.29, 1.82) is 0 Å². The maximum Gasteiger partial charge on any atom is 0.251 e. The van der Waals surface area contributed by atoms with E-state index in [1.165, 1.54) is 11.8 Å². The van der Waals surface area contributed by atoms with E-state index in [9.17, 15) is 9.59 Å². The van der Waals surface area contributed by atoms with E-state index in [0.717, 1.165) is 21.3 Å². The summed E-state index contributed by atoms with van der Waals surface area (Å²) in [4.78, 5) is 25.5. The molecule has 3 rings (SSSR count). The van der Waals surface area contributed by atoms with Gasteiger partial charge in [0, 0.05) is 16.6 Å². The van der Waals surface area contributed by atoms with E-state index in [1.54, 1.807) is 18.2 Å². The van der Waals surface area contributed by atoms with E-state index in [1.807, 2.05) is 62.6 Å². The number of anilines is 1. The second-order valence-corrected chi connectivity index (χ2v) is 10.4. The largest absolute Gasteiger partial charge is 0.342 e. The lowest BCUT2D eigenvalue weighted by molar-refractivity contribution is -0.113. The van der Waals surface area contributed by atoms with Crippen LogP contribution >= 0.6 is 27.7 Å². The van der Waals surface area contributed by atoms with Gasteiger partial charge in [-0.1, -0.05) is 49.9 Å². The van der Waals surface area contributed by atoms with Gasteiger partial charge in [0.1, 0.15) is 0 Å². The van der Waals surface area contributed by atoms with E-state index >= 15 is 0 Å². The van der Waals surface area contributed by atoms with Crippen molar-refractivity contribution in [1.82, 2.24) is 20.1 Å². The molecule has 7 nitrogen and oxygen atoms in total. The van der Waals surface area contributed by atoms with E-state index < -0.39 is 0 Å². The molecule has 184 valence electrons. The molecule has 0 saturated carbocycles. The van der Waals surface area contributed by atoms with Crippen LogP contribution < -0.4 is 10.6 Å². The average Bonchev–Trinajstić information content (AvgIpc) is 3.22. The van der Waals surface area contributed by atoms with Crippen molar-refractivity contribution in [2.24, 2.45) is 5.92 Å². The Morgan fingerprint density at radius 2 is 1.83 bits per heavy atom. The van der Waals surface area contributed by atoms with Crippen LogP contribution in [0.3, 0.4) is 0 Å². The zero-order valence-corrected chi connectivity index (χ0v) is 22.7. The molecule has 0 aliphatic heterocycles. The Morgan fingerprint density at radius 3 is 2.49 bits per heavy atom. The van der Waals surface area contributed by atoms with Crippen LogP contribution in [0.1, 0.15) is 47.2 Å². The fourth-order valence-corrected chi connectivity index (χ4v) is 4.79. The number of thioether (sulfide) groups is 1. The van der Waals surface area contributed by atoms with Gasteiger partial charge in [-0.3, -0.25) is 9.59 Å². The Bertz CT molecular complexity index is 1210. The molecule has 0 spiro atoms. The molecule has 2 N–H and O–H groups in total. The Labute approximate surface area is 218 Å². The number of hydrogen-bond acceptors (Lipinski definition) is 5. The van der Waals surface area contributed by atoms with Crippen LogP contribution in [0.15, 0.2) is 64.7 Å². The molecule has 0 unspecified atom stereocenters. The number of allylic oxidation sites excluding steroid dienone is 1. The van der Waals surface area contributed by atoms with Crippen LogP contribution in [-0.4, -0.2) is 32.3 Å². The van der Waals surface area contributed by atoms with Crippen LogP contribution in [0.5, 0.6) is 0 Å². The van der Waals surface area contributed by atoms with Crippen molar-refractivity contribution in [3.8, 4) is 0 Å². The molecule has 9 heteroatoms. The molecule has 35 heavy (non-hydrogen) atoms. The third kappa shape index (κ3) is 6.82. The Balaban J connectivity index is 1.75. The summed E-state index contributed by atoms with van der Waals surface area (Å²) in [6.45, 7) is 12.4. The predicted octanol–water partition coefficient (Wildman–Crippen LogP) is 5.70. The smallest absolute Gasteiger partial charge is 0.251 e. The molecule has 2 aromatic carbocycles. The van der Waals surface area contributed by atoms with E-state index in [4.69, 9.17) is 0 Å². The van der Waals surface area contributed by atoms with Gasteiger partial charge in [0.2, 0.25) is 5.91 Å². The number of nitrogens with one attached hydrogen (secondary N) is 2. The first kappa shape index (κ1) is 26.7. The van der Waals surface area contributed by atoms with Crippen LogP contribution in [0.4, 0.5) is 5.69 Å². The van der Waals surface area contributed by atoms with E-state index in [-0.39, 0.29) is 29.5 Å². The van der Waals surface area contributed by atoms with Crippen molar-refractivity contribution >= 4 is 45.2 Å². The van der Waals surface area contributed by atoms with Crippen LogP contribution in [0, 0.1) is 19.8 Å². The second-order valence-electron chi connectivity index (χ2n) is 8.55. The van der Waals surface area contributed by atoms with Crippen molar-refractivity contribution in [3.63, 3.8) is 0 Å². The van der Waals surface area contributed by atoms with Crippen molar-refractivity contribution in [2.75, 3.05) is 11.1 Å². The molecule has 1 heterocycles. The number of aromatic nitrogens is 3. The lowest BCUT2D eigenvalue weighted by Crippen LogP contribution is -2.33. The van der Waals surface area contributed by atoms with Gasteiger partial charge >= 0.3 is 0 Å². The zero-order valence-electron chi connectivity index (χ0n) is 20.3. The second kappa shape index (κ2) is 12.2. The number of rotatable bonds is 10. The molecule has 0 fully saturated rings. The fraction of sp³-hybridized carbons (Fsp3) is 0.308. The zero-order chi connectivity index (χ0) is 25.5.